The van der Waals surface area contributed by atoms with Gasteiger partial charge < -0.3 is 9.63 Å². The summed E-state index contributed by atoms with van der Waals surface area (Å²) < 4.78 is 4.58. The lowest BCUT2D eigenvalue weighted by Gasteiger charge is -2.10. The molecule has 1 fully saturated rings. The Labute approximate surface area is 79.1 Å². The molecule has 2 rings (SSSR count). The molecule has 1 N–H and O–H groups in total. The van der Waals surface area contributed by atoms with Gasteiger partial charge in [-0.05, 0) is 0 Å². The lowest BCUT2D eigenvalue weighted by atomic mass is 10.1. The number of carbonyl (C=O) groups is 2. The van der Waals surface area contributed by atoms with Crippen molar-refractivity contribution in [3.8, 4) is 0 Å². The molecule has 0 aliphatic carbocycles. The van der Waals surface area contributed by atoms with Crippen molar-refractivity contribution < 1.29 is 19.2 Å². The highest BCUT2D eigenvalue weighted by molar-refractivity contribution is 5.98. The molecule has 0 bridgehead atoms. The molecule has 0 spiro atoms. The van der Waals surface area contributed by atoms with Crippen LogP contribution in [0.4, 0.5) is 5.82 Å². The monoisotopic (exact) mass is 196 g/mol. The quantitative estimate of drug-likeness (QED) is 0.725. The molecule has 74 valence electrons. The van der Waals surface area contributed by atoms with Gasteiger partial charge in [-0.25, -0.2) is 0 Å². The van der Waals surface area contributed by atoms with Gasteiger partial charge in [0, 0.05) is 19.0 Å². The predicted octanol–water partition coefficient (Wildman–Crippen LogP) is 0.112. The maximum Gasteiger partial charge on any atom is 0.308 e. The first-order chi connectivity index (χ1) is 6.68. The maximum atomic E-state index is 11.4. The van der Waals surface area contributed by atoms with E-state index in [1.807, 2.05) is 0 Å². The normalized spacial score (nSPS) is 21.6. The summed E-state index contributed by atoms with van der Waals surface area (Å²) in [7, 11) is 0. The van der Waals surface area contributed by atoms with E-state index >= 15 is 0 Å². The summed E-state index contributed by atoms with van der Waals surface area (Å²) in [5, 5.41) is 12.3. The molecule has 1 amide bonds. The van der Waals surface area contributed by atoms with Gasteiger partial charge in [-0.3, -0.25) is 14.5 Å². The first-order valence-electron chi connectivity index (χ1n) is 4.12. The van der Waals surface area contributed by atoms with E-state index in [0.29, 0.717) is 5.82 Å². The minimum absolute atomic E-state index is 0.0300. The van der Waals surface area contributed by atoms with Crippen LogP contribution in [0.2, 0.25) is 0 Å². The summed E-state index contributed by atoms with van der Waals surface area (Å²) in [6, 6.07) is 1.53. The molecule has 6 heteroatoms. The van der Waals surface area contributed by atoms with E-state index in [1.54, 1.807) is 0 Å². The first-order valence-corrected chi connectivity index (χ1v) is 4.12. The van der Waals surface area contributed by atoms with Crippen LogP contribution in [0.5, 0.6) is 0 Å². The van der Waals surface area contributed by atoms with Crippen LogP contribution in [-0.2, 0) is 9.59 Å². The number of carboxylic acids is 1. The zero-order valence-corrected chi connectivity index (χ0v) is 7.21. The summed E-state index contributed by atoms with van der Waals surface area (Å²) >= 11 is 0. The van der Waals surface area contributed by atoms with Gasteiger partial charge in [0.05, 0.1) is 5.92 Å². The average Bonchev–Trinajstić information content (AvgIpc) is 2.71. The number of aromatic nitrogens is 1. The van der Waals surface area contributed by atoms with Crippen molar-refractivity contribution in [1.29, 1.82) is 0 Å². The predicted molar refractivity (Wildman–Crippen MR) is 44.6 cm³/mol. The van der Waals surface area contributed by atoms with Crippen LogP contribution in [0.25, 0.3) is 0 Å². The second-order valence-electron chi connectivity index (χ2n) is 3.10. The highest BCUT2D eigenvalue weighted by Crippen LogP contribution is 2.23. The van der Waals surface area contributed by atoms with Gasteiger partial charge in [0.15, 0.2) is 5.82 Å². The van der Waals surface area contributed by atoms with Crippen molar-refractivity contribution in [3.05, 3.63) is 12.3 Å². The number of amides is 1. The lowest BCUT2D eigenvalue weighted by molar-refractivity contribution is -0.141. The minimum atomic E-state index is -0.954. The Morgan fingerprint density at radius 1 is 1.71 bits per heavy atom. The Balaban J connectivity index is 2.16. The molecule has 2 heterocycles. The molecule has 1 aromatic rings. The number of hydrogen-bond acceptors (Lipinski definition) is 4. The third-order valence-electron chi connectivity index (χ3n) is 2.18. The molecule has 1 aliphatic rings. The van der Waals surface area contributed by atoms with Crippen molar-refractivity contribution in [3.63, 3.8) is 0 Å². The molecule has 14 heavy (non-hydrogen) atoms. The van der Waals surface area contributed by atoms with Crippen LogP contribution in [0, 0.1) is 5.92 Å². The summed E-state index contributed by atoms with van der Waals surface area (Å²) in [6.07, 6.45) is 1.37. The van der Waals surface area contributed by atoms with E-state index in [-0.39, 0.29) is 18.9 Å². The number of rotatable bonds is 2. The van der Waals surface area contributed by atoms with Gasteiger partial charge in [-0.15, -0.1) is 0 Å². The SMILES string of the molecule is O=C(O)C1CC(=O)N(c2ccon2)C1. The summed E-state index contributed by atoms with van der Waals surface area (Å²) in [6.45, 7) is 0.167. The van der Waals surface area contributed by atoms with E-state index in [1.165, 1.54) is 17.2 Å². The highest BCUT2D eigenvalue weighted by atomic mass is 16.5. The number of anilines is 1. The number of aliphatic carboxylic acids is 1. The fraction of sp³-hybridized carbons (Fsp3) is 0.375. The molecular formula is C8H8N2O4. The fourth-order valence-corrected chi connectivity index (χ4v) is 1.44. The van der Waals surface area contributed by atoms with Crippen molar-refractivity contribution in [2.45, 2.75) is 6.42 Å². The molecule has 1 aromatic heterocycles. The standard InChI is InChI=1S/C8H8N2O4/c11-7-3-5(8(12)13)4-10(7)6-1-2-14-9-6/h1-2,5H,3-4H2,(H,12,13). The minimum Gasteiger partial charge on any atom is -0.481 e. The number of carbonyl (C=O) groups excluding carboxylic acids is 1. The lowest BCUT2D eigenvalue weighted by Crippen LogP contribution is -2.25. The van der Waals surface area contributed by atoms with E-state index in [4.69, 9.17) is 5.11 Å². The molecule has 1 saturated heterocycles. The van der Waals surface area contributed by atoms with Crippen LogP contribution in [-0.4, -0.2) is 28.7 Å². The first kappa shape index (κ1) is 8.74. The average molecular weight is 196 g/mol. The van der Waals surface area contributed by atoms with Gasteiger partial charge in [0.25, 0.3) is 0 Å². The van der Waals surface area contributed by atoms with E-state index in [2.05, 4.69) is 9.68 Å². The van der Waals surface area contributed by atoms with Gasteiger partial charge in [-0.2, -0.15) is 0 Å². The molecule has 1 atom stereocenters. The van der Waals surface area contributed by atoms with Crippen molar-refractivity contribution in [2.75, 3.05) is 11.4 Å². The molecule has 1 unspecified atom stereocenters. The Morgan fingerprint density at radius 3 is 3.00 bits per heavy atom. The van der Waals surface area contributed by atoms with E-state index in [0.717, 1.165) is 0 Å². The summed E-state index contributed by atoms with van der Waals surface area (Å²) in [4.78, 5) is 23.3. The van der Waals surface area contributed by atoms with Crippen molar-refractivity contribution in [1.82, 2.24) is 5.16 Å². The molecular weight excluding hydrogens is 188 g/mol. The smallest absolute Gasteiger partial charge is 0.308 e. The summed E-state index contributed by atoms with van der Waals surface area (Å²) in [5.74, 6) is -1.45. The highest BCUT2D eigenvalue weighted by Gasteiger charge is 2.36. The number of hydrogen-bond donors (Lipinski definition) is 1. The van der Waals surface area contributed by atoms with Gasteiger partial charge in [-0.1, -0.05) is 5.16 Å². The van der Waals surface area contributed by atoms with Crippen LogP contribution in [0.1, 0.15) is 6.42 Å². The third-order valence-corrected chi connectivity index (χ3v) is 2.18. The molecule has 0 saturated carbocycles. The van der Waals surface area contributed by atoms with Crippen molar-refractivity contribution in [2.24, 2.45) is 5.92 Å². The molecule has 0 radical (unpaired) electrons. The maximum absolute atomic E-state index is 11.4. The van der Waals surface area contributed by atoms with Crippen LogP contribution >= 0.6 is 0 Å². The molecule has 0 aromatic carbocycles. The third kappa shape index (κ3) is 1.34. The Bertz CT molecular complexity index is 359. The van der Waals surface area contributed by atoms with Crippen LogP contribution < -0.4 is 4.90 Å². The zero-order chi connectivity index (χ0) is 10.1. The van der Waals surface area contributed by atoms with Crippen LogP contribution in [0.15, 0.2) is 16.9 Å². The number of nitrogens with zero attached hydrogens (tertiary/aromatic N) is 2. The topological polar surface area (TPSA) is 83.6 Å². The Morgan fingerprint density at radius 2 is 2.50 bits per heavy atom. The Kier molecular flexibility index (Phi) is 1.95. The molecule has 6 nitrogen and oxygen atoms in total. The largest absolute Gasteiger partial charge is 0.481 e. The fourth-order valence-electron chi connectivity index (χ4n) is 1.44. The van der Waals surface area contributed by atoms with Gasteiger partial charge in [0.2, 0.25) is 5.91 Å². The zero-order valence-electron chi connectivity index (χ0n) is 7.21. The van der Waals surface area contributed by atoms with Crippen LogP contribution in [0.3, 0.4) is 0 Å². The van der Waals surface area contributed by atoms with Gasteiger partial charge >= 0.3 is 5.97 Å². The Hall–Kier alpha value is -1.85. The summed E-state index contributed by atoms with van der Waals surface area (Å²) in [5.41, 5.74) is 0. The second-order valence-corrected chi connectivity index (χ2v) is 3.10. The van der Waals surface area contributed by atoms with Crippen molar-refractivity contribution >= 4 is 17.7 Å². The number of carboxylic acid groups (broad SMARTS) is 1. The second kappa shape index (κ2) is 3.13. The van der Waals surface area contributed by atoms with Gasteiger partial charge in [0.1, 0.15) is 6.26 Å². The van der Waals surface area contributed by atoms with E-state index < -0.39 is 11.9 Å². The van der Waals surface area contributed by atoms with E-state index in [9.17, 15) is 9.59 Å². The molecule has 1 aliphatic heterocycles.